The minimum absolute atomic E-state index is 0.123. The van der Waals surface area contributed by atoms with Crippen molar-refractivity contribution in [1.29, 1.82) is 0 Å². The highest BCUT2D eigenvalue weighted by Crippen LogP contribution is 2.35. The first-order chi connectivity index (χ1) is 6.39. The van der Waals surface area contributed by atoms with Crippen LogP contribution in [-0.2, 0) is 0 Å². The van der Waals surface area contributed by atoms with Crippen LogP contribution in [0, 0.1) is 0 Å². The molecule has 0 spiro atoms. The first-order valence-electron chi connectivity index (χ1n) is 3.56. The molecule has 0 aliphatic rings. The first-order valence-corrected chi connectivity index (χ1v) is 5.13. The lowest BCUT2D eigenvalue weighted by molar-refractivity contribution is 0.285. The fourth-order valence-electron chi connectivity index (χ4n) is 0.711. The van der Waals surface area contributed by atoms with E-state index in [4.69, 9.17) is 56.2 Å². The molecule has 0 amide bonds. The third-order valence-corrected chi connectivity index (χ3v) is 2.68. The van der Waals surface area contributed by atoms with Crippen LogP contribution in [0.1, 0.15) is 0 Å². The van der Waals surface area contributed by atoms with E-state index in [1.165, 1.54) is 24.3 Å². The Morgan fingerprint density at radius 1 is 1.14 bits per heavy atom. The Morgan fingerprint density at radius 3 is 2.07 bits per heavy atom. The average Bonchev–Trinajstić information content (AvgIpc) is 2.07. The molecule has 1 aromatic rings. The fourth-order valence-corrected chi connectivity index (χ4v) is 0.947. The van der Waals surface area contributed by atoms with Gasteiger partial charge in [-0.25, -0.2) is 0 Å². The molecule has 78 valence electrons. The van der Waals surface area contributed by atoms with Crippen LogP contribution in [0.2, 0.25) is 0 Å². The highest BCUT2D eigenvalue weighted by Gasteiger charge is 2.32. The van der Waals surface area contributed by atoms with Crippen LogP contribution in [0.4, 0.5) is 0 Å². The van der Waals surface area contributed by atoms with E-state index < -0.39 is 9.36 Å². The van der Waals surface area contributed by atoms with Crippen LogP contribution in [-0.4, -0.2) is 14.5 Å². The molecule has 1 atom stereocenters. The number of hydrogen-bond acceptors (Lipinski definition) is 2. The van der Waals surface area contributed by atoms with Gasteiger partial charge in [0.2, 0.25) is 9.36 Å². The Balaban J connectivity index is 2.65. The van der Waals surface area contributed by atoms with Crippen LogP contribution in [0.15, 0.2) is 24.3 Å². The number of halogens is 4. The van der Waals surface area contributed by atoms with E-state index in [1.54, 1.807) is 0 Å². The molecule has 0 radical (unpaired) electrons. The lowest BCUT2D eigenvalue weighted by atomic mass is 10.3. The summed E-state index contributed by atoms with van der Waals surface area (Å²) in [5.41, 5.74) is -1.09. The van der Waals surface area contributed by atoms with Gasteiger partial charge in [0.25, 0.3) is 0 Å². The predicted octanol–water partition coefficient (Wildman–Crippen LogP) is 3.71. The maximum absolute atomic E-state index is 8.98. The highest BCUT2D eigenvalue weighted by molar-refractivity contribution is 6.70. The minimum atomic E-state index is -1.69. The Bertz CT molecular complexity index is 293. The normalized spacial score (nSPS) is 13.7. The second-order valence-corrected chi connectivity index (χ2v) is 5.23. The van der Waals surface area contributed by atoms with Crippen LogP contribution in [0.5, 0.6) is 11.5 Å². The van der Waals surface area contributed by atoms with Crippen LogP contribution < -0.4 is 4.74 Å². The minimum Gasteiger partial charge on any atom is -0.508 e. The SMILES string of the molecule is Oc1ccc(OC(Cl)C(Cl)(Cl)Cl)cc1. The largest absolute Gasteiger partial charge is 0.508 e. The molecule has 1 aromatic carbocycles. The van der Waals surface area contributed by atoms with E-state index >= 15 is 0 Å². The summed E-state index contributed by atoms with van der Waals surface area (Å²) in [7, 11) is 0. The molecule has 1 rings (SSSR count). The van der Waals surface area contributed by atoms with Gasteiger partial charge in [-0.05, 0) is 24.3 Å². The number of alkyl halides is 4. The van der Waals surface area contributed by atoms with Gasteiger partial charge in [0.05, 0.1) is 0 Å². The van der Waals surface area contributed by atoms with Gasteiger partial charge in [0, 0.05) is 0 Å². The van der Waals surface area contributed by atoms with Gasteiger partial charge in [-0.3, -0.25) is 0 Å². The van der Waals surface area contributed by atoms with E-state index in [0.717, 1.165) is 0 Å². The molecule has 1 N–H and O–H groups in total. The molecule has 2 nitrogen and oxygen atoms in total. The lowest BCUT2D eigenvalue weighted by Gasteiger charge is -2.19. The summed E-state index contributed by atoms with van der Waals surface area (Å²) in [6, 6.07) is 5.91. The molecule has 0 aliphatic carbocycles. The highest BCUT2D eigenvalue weighted by atomic mass is 35.6. The molecule has 0 aromatic heterocycles. The monoisotopic (exact) mass is 274 g/mol. The lowest BCUT2D eigenvalue weighted by Crippen LogP contribution is -2.25. The van der Waals surface area contributed by atoms with Gasteiger partial charge in [-0.15, -0.1) is 0 Å². The van der Waals surface area contributed by atoms with E-state index in [9.17, 15) is 0 Å². The van der Waals surface area contributed by atoms with Crippen molar-refractivity contribution in [3.05, 3.63) is 24.3 Å². The van der Waals surface area contributed by atoms with E-state index in [0.29, 0.717) is 5.75 Å². The summed E-state index contributed by atoms with van der Waals surface area (Å²) < 4.78 is 3.40. The summed E-state index contributed by atoms with van der Waals surface area (Å²) in [5, 5.41) is 8.98. The second kappa shape index (κ2) is 4.67. The van der Waals surface area contributed by atoms with Crippen molar-refractivity contribution in [2.24, 2.45) is 0 Å². The van der Waals surface area contributed by atoms with Gasteiger partial charge >= 0.3 is 0 Å². The molecule has 0 aliphatic heterocycles. The Kier molecular flexibility index (Phi) is 4.02. The quantitative estimate of drug-likeness (QED) is 0.834. The molecule has 14 heavy (non-hydrogen) atoms. The van der Waals surface area contributed by atoms with E-state index in [-0.39, 0.29) is 5.75 Å². The summed E-state index contributed by atoms with van der Waals surface area (Å²) in [5.74, 6) is 0.534. The van der Waals surface area contributed by atoms with Gasteiger partial charge in [0.1, 0.15) is 11.5 Å². The zero-order chi connectivity index (χ0) is 10.8. The smallest absolute Gasteiger partial charge is 0.241 e. The fraction of sp³-hybridized carbons (Fsp3) is 0.250. The molecular weight excluding hydrogens is 270 g/mol. The Labute approximate surface area is 101 Å². The number of ether oxygens (including phenoxy) is 1. The van der Waals surface area contributed by atoms with Gasteiger partial charge < -0.3 is 9.84 Å². The standard InChI is InChI=1S/C8H6Cl4O2/c9-7(8(10,11)12)14-6-3-1-5(13)2-4-6/h1-4,7,13H. The van der Waals surface area contributed by atoms with Gasteiger partial charge in [-0.1, -0.05) is 46.4 Å². The number of phenols is 1. The maximum atomic E-state index is 8.98. The zero-order valence-electron chi connectivity index (χ0n) is 6.75. The summed E-state index contributed by atoms with van der Waals surface area (Å²) in [6.07, 6.45) is 0. The van der Waals surface area contributed by atoms with Crippen molar-refractivity contribution >= 4 is 46.4 Å². The first kappa shape index (κ1) is 12.1. The van der Waals surface area contributed by atoms with Crippen molar-refractivity contribution in [3.63, 3.8) is 0 Å². The number of benzene rings is 1. The molecule has 1 unspecified atom stereocenters. The summed E-state index contributed by atoms with van der Waals surface area (Å²) in [4.78, 5) is 0. The second-order valence-electron chi connectivity index (χ2n) is 2.47. The topological polar surface area (TPSA) is 29.5 Å². The number of hydrogen-bond donors (Lipinski definition) is 1. The number of phenolic OH excluding ortho intramolecular Hbond substituents is 1. The van der Waals surface area contributed by atoms with E-state index in [2.05, 4.69) is 0 Å². The molecule has 0 fully saturated rings. The van der Waals surface area contributed by atoms with Crippen molar-refractivity contribution in [1.82, 2.24) is 0 Å². The Hall–Kier alpha value is -0.0200. The van der Waals surface area contributed by atoms with Crippen molar-refractivity contribution in [3.8, 4) is 11.5 Å². The summed E-state index contributed by atoms with van der Waals surface area (Å²) >= 11 is 22.1. The predicted molar refractivity (Wildman–Crippen MR) is 58.7 cm³/mol. The van der Waals surface area contributed by atoms with Crippen molar-refractivity contribution < 1.29 is 9.84 Å². The van der Waals surface area contributed by atoms with Crippen LogP contribution >= 0.6 is 46.4 Å². The van der Waals surface area contributed by atoms with Crippen molar-refractivity contribution in [2.45, 2.75) is 9.36 Å². The Morgan fingerprint density at radius 2 is 1.64 bits per heavy atom. The zero-order valence-corrected chi connectivity index (χ0v) is 9.78. The van der Waals surface area contributed by atoms with Crippen molar-refractivity contribution in [2.75, 3.05) is 0 Å². The molecule has 6 heteroatoms. The third kappa shape index (κ3) is 3.62. The third-order valence-electron chi connectivity index (χ3n) is 1.33. The van der Waals surface area contributed by atoms with Gasteiger partial charge in [-0.2, -0.15) is 0 Å². The molecule has 0 heterocycles. The van der Waals surface area contributed by atoms with Crippen LogP contribution in [0.25, 0.3) is 0 Å². The molecule has 0 saturated carbocycles. The average molecular weight is 276 g/mol. The maximum Gasteiger partial charge on any atom is 0.241 e. The molecule has 0 saturated heterocycles. The summed E-state index contributed by atoms with van der Waals surface area (Å²) in [6.45, 7) is 0. The molecular formula is C8H6Cl4O2. The van der Waals surface area contributed by atoms with Crippen LogP contribution in [0.3, 0.4) is 0 Å². The van der Waals surface area contributed by atoms with Gasteiger partial charge in [0.15, 0.2) is 0 Å². The number of rotatable bonds is 2. The van der Waals surface area contributed by atoms with E-state index in [1.807, 2.05) is 0 Å². The molecule has 0 bridgehead atoms. The number of aromatic hydroxyl groups is 1.